The van der Waals surface area contributed by atoms with Crippen LogP contribution in [-0.2, 0) is 25.2 Å². The van der Waals surface area contributed by atoms with E-state index in [1.54, 1.807) is 0 Å². The van der Waals surface area contributed by atoms with E-state index in [2.05, 4.69) is 5.16 Å². The topological polar surface area (TPSA) is 85.2 Å². The number of hydrogen-bond acceptors (Lipinski definition) is 6. The summed E-state index contributed by atoms with van der Waals surface area (Å²) in [5.41, 5.74) is -2.40. The van der Waals surface area contributed by atoms with E-state index < -0.39 is 40.7 Å². The van der Waals surface area contributed by atoms with Crippen molar-refractivity contribution in [2.75, 3.05) is 13.2 Å². The first-order valence-electron chi connectivity index (χ1n) is 6.98. The molecule has 6 nitrogen and oxygen atoms in total. The van der Waals surface area contributed by atoms with Crippen molar-refractivity contribution in [3.8, 4) is 0 Å². The molecule has 0 unspecified atom stereocenters. The maximum atomic E-state index is 13.4. The molecule has 9 heteroatoms. The maximum Gasteiger partial charge on any atom is 0.417 e. The highest BCUT2D eigenvalue weighted by molar-refractivity contribution is 6.01. The number of ether oxygens (including phenoxy) is 2. The molecular formula is C15H16F3NO5. The number of carbonyl (C=O) groups is 2. The van der Waals surface area contributed by atoms with Gasteiger partial charge in [-0.3, -0.25) is 9.59 Å². The van der Waals surface area contributed by atoms with Crippen LogP contribution in [0.3, 0.4) is 0 Å². The monoisotopic (exact) mass is 347 g/mol. The van der Waals surface area contributed by atoms with E-state index in [1.165, 1.54) is 19.9 Å². The van der Waals surface area contributed by atoms with Crippen LogP contribution in [0.15, 0.2) is 23.4 Å². The van der Waals surface area contributed by atoms with Crippen LogP contribution in [0.25, 0.3) is 0 Å². The molecule has 0 amide bonds. The normalized spacial score (nSPS) is 11.8. The average molecular weight is 347 g/mol. The summed E-state index contributed by atoms with van der Waals surface area (Å²) in [6, 6.07) is 3.22. The largest absolute Gasteiger partial charge is 0.465 e. The van der Waals surface area contributed by atoms with Gasteiger partial charge in [-0.1, -0.05) is 23.4 Å². The lowest BCUT2D eigenvalue weighted by Gasteiger charge is -2.20. The summed E-state index contributed by atoms with van der Waals surface area (Å²) in [5.74, 6) is -4.20. The van der Waals surface area contributed by atoms with Gasteiger partial charge in [-0.2, -0.15) is 13.2 Å². The van der Waals surface area contributed by atoms with E-state index >= 15 is 0 Å². The zero-order valence-electron chi connectivity index (χ0n) is 13.0. The highest BCUT2D eigenvalue weighted by atomic mass is 19.4. The summed E-state index contributed by atoms with van der Waals surface area (Å²) in [5, 5.41) is 11.1. The number of alkyl halides is 3. The molecule has 0 saturated carbocycles. The van der Waals surface area contributed by atoms with E-state index in [1.807, 2.05) is 0 Å². The fourth-order valence-electron chi connectivity index (χ4n) is 2.13. The van der Waals surface area contributed by atoms with Crippen molar-refractivity contribution < 1.29 is 37.4 Å². The van der Waals surface area contributed by atoms with Crippen LogP contribution in [-0.4, -0.2) is 36.6 Å². The molecule has 132 valence electrons. The van der Waals surface area contributed by atoms with Gasteiger partial charge in [-0.05, 0) is 19.4 Å². The molecule has 0 aliphatic heterocycles. The van der Waals surface area contributed by atoms with E-state index in [9.17, 15) is 22.8 Å². The molecule has 1 aromatic carbocycles. The van der Waals surface area contributed by atoms with Gasteiger partial charge in [0.25, 0.3) is 0 Å². The number of oxime groups is 1. The summed E-state index contributed by atoms with van der Waals surface area (Å²) in [6.45, 7) is 2.68. The summed E-state index contributed by atoms with van der Waals surface area (Å²) < 4.78 is 49.7. The molecule has 0 aromatic heterocycles. The van der Waals surface area contributed by atoms with E-state index in [4.69, 9.17) is 14.7 Å². The molecule has 0 atom stereocenters. The van der Waals surface area contributed by atoms with Crippen LogP contribution in [0.2, 0.25) is 0 Å². The number of esters is 2. The van der Waals surface area contributed by atoms with Crippen molar-refractivity contribution in [1.82, 2.24) is 0 Å². The summed E-state index contributed by atoms with van der Waals surface area (Å²) in [6.07, 6.45) is -4.33. The molecule has 1 rings (SSSR count). The van der Waals surface area contributed by atoms with Crippen molar-refractivity contribution in [3.63, 3.8) is 0 Å². The number of benzene rings is 1. The van der Waals surface area contributed by atoms with Crippen LogP contribution in [0.5, 0.6) is 0 Å². The number of halogens is 3. The minimum Gasteiger partial charge on any atom is -0.465 e. The van der Waals surface area contributed by atoms with Gasteiger partial charge in [0.1, 0.15) is 0 Å². The van der Waals surface area contributed by atoms with Gasteiger partial charge in [0.2, 0.25) is 0 Å². The minimum absolute atomic E-state index is 0.117. The number of carbonyl (C=O) groups excluding carboxylic acids is 2. The van der Waals surface area contributed by atoms with E-state index in [0.717, 1.165) is 12.1 Å². The van der Waals surface area contributed by atoms with Crippen LogP contribution in [0, 0.1) is 0 Å². The molecule has 0 heterocycles. The zero-order valence-corrected chi connectivity index (χ0v) is 13.0. The molecule has 1 N–H and O–H groups in total. The molecule has 0 radical (unpaired) electrons. The first-order valence-corrected chi connectivity index (χ1v) is 6.98. The van der Waals surface area contributed by atoms with Gasteiger partial charge >= 0.3 is 18.1 Å². The first-order chi connectivity index (χ1) is 11.3. The average Bonchev–Trinajstić information content (AvgIpc) is 2.47. The quantitative estimate of drug-likeness (QED) is 0.281. The Bertz CT molecular complexity index is 610. The standard InChI is InChI=1S/C15H16F3NO5/c1-3-23-13(20)11(14(21)24-4-2)10-7-5-6-9(8-19-22)12(10)15(16,17)18/h5-8,11,22H,3-4H2,1-2H3/b19-8+. The zero-order chi connectivity index (χ0) is 18.3. The van der Waals surface area contributed by atoms with Crippen molar-refractivity contribution in [2.24, 2.45) is 5.16 Å². The predicted octanol–water partition coefficient (Wildman–Crippen LogP) is 2.72. The van der Waals surface area contributed by atoms with Crippen molar-refractivity contribution >= 4 is 18.2 Å². The van der Waals surface area contributed by atoms with Crippen molar-refractivity contribution in [3.05, 3.63) is 34.9 Å². The van der Waals surface area contributed by atoms with E-state index in [0.29, 0.717) is 6.21 Å². The first kappa shape index (κ1) is 19.5. The van der Waals surface area contributed by atoms with Crippen LogP contribution in [0.4, 0.5) is 13.2 Å². The minimum atomic E-state index is -4.90. The molecule has 0 saturated heterocycles. The Morgan fingerprint density at radius 2 is 1.75 bits per heavy atom. The molecule has 0 fully saturated rings. The van der Waals surface area contributed by atoms with Crippen LogP contribution in [0.1, 0.15) is 36.5 Å². The molecule has 24 heavy (non-hydrogen) atoms. The van der Waals surface area contributed by atoms with Crippen molar-refractivity contribution in [1.29, 1.82) is 0 Å². The number of hydrogen-bond donors (Lipinski definition) is 1. The number of rotatable bonds is 6. The fourth-order valence-corrected chi connectivity index (χ4v) is 2.13. The Kier molecular flexibility index (Phi) is 6.75. The van der Waals surface area contributed by atoms with Gasteiger partial charge in [0.05, 0.1) is 25.0 Å². The van der Waals surface area contributed by atoms with Crippen molar-refractivity contribution in [2.45, 2.75) is 25.9 Å². The lowest BCUT2D eigenvalue weighted by molar-refractivity contribution is -0.157. The Balaban J connectivity index is 3.60. The Morgan fingerprint density at radius 1 is 1.21 bits per heavy atom. The third-order valence-electron chi connectivity index (χ3n) is 2.96. The molecule has 0 aliphatic rings. The SMILES string of the molecule is CCOC(=O)C(C(=O)OCC)c1cccc(/C=N/O)c1C(F)(F)F. The second-order valence-electron chi connectivity index (χ2n) is 4.49. The third-order valence-corrected chi connectivity index (χ3v) is 2.96. The second kappa shape index (κ2) is 8.32. The fraction of sp³-hybridized carbons (Fsp3) is 0.400. The van der Waals surface area contributed by atoms with Gasteiger partial charge in [0, 0.05) is 5.56 Å². The third kappa shape index (κ3) is 4.46. The smallest absolute Gasteiger partial charge is 0.417 e. The molecule has 1 aromatic rings. The molecule has 0 aliphatic carbocycles. The lowest BCUT2D eigenvalue weighted by Crippen LogP contribution is -2.29. The number of nitrogens with zero attached hydrogens (tertiary/aromatic N) is 1. The summed E-state index contributed by atoms with van der Waals surface area (Å²) in [4.78, 5) is 24.1. The highest BCUT2D eigenvalue weighted by Gasteiger charge is 2.42. The highest BCUT2D eigenvalue weighted by Crippen LogP contribution is 2.38. The Labute approximate surface area is 135 Å². The van der Waals surface area contributed by atoms with E-state index in [-0.39, 0.29) is 13.2 Å². The Hall–Kier alpha value is -2.58. The molecule has 0 bridgehead atoms. The van der Waals surface area contributed by atoms with Gasteiger partial charge in [-0.25, -0.2) is 0 Å². The molecular weight excluding hydrogens is 331 g/mol. The molecule has 0 spiro atoms. The summed E-state index contributed by atoms with van der Waals surface area (Å²) >= 11 is 0. The van der Waals surface area contributed by atoms with Gasteiger partial charge < -0.3 is 14.7 Å². The van der Waals surface area contributed by atoms with Crippen LogP contribution >= 0.6 is 0 Å². The second-order valence-corrected chi connectivity index (χ2v) is 4.49. The predicted molar refractivity (Wildman–Crippen MR) is 76.8 cm³/mol. The summed E-state index contributed by atoms with van der Waals surface area (Å²) in [7, 11) is 0. The Morgan fingerprint density at radius 3 is 2.17 bits per heavy atom. The maximum absolute atomic E-state index is 13.4. The lowest BCUT2D eigenvalue weighted by atomic mass is 9.90. The van der Waals surface area contributed by atoms with Crippen LogP contribution < -0.4 is 0 Å². The van der Waals surface area contributed by atoms with Gasteiger partial charge in [-0.15, -0.1) is 0 Å². The van der Waals surface area contributed by atoms with Gasteiger partial charge in [0.15, 0.2) is 5.92 Å².